The van der Waals surface area contributed by atoms with Gasteiger partial charge in [-0.25, -0.2) is 21.6 Å². The van der Waals surface area contributed by atoms with Gasteiger partial charge in [0, 0.05) is 6.07 Å². The Bertz CT molecular complexity index is 807. The second-order valence-corrected chi connectivity index (χ2v) is 6.02. The Morgan fingerprint density at radius 3 is 2.38 bits per heavy atom. The number of benzene rings is 2. The minimum Gasteiger partial charge on any atom is -0.396 e. The van der Waals surface area contributed by atoms with Crippen LogP contribution < -0.4 is 10.5 Å². The van der Waals surface area contributed by atoms with Crippen molar-refractivity contribution in [3.8, 4) is 0 Å². The molecule has 0 amide bonds. The Hall–Kier alpha value is -2.22. The first-order valence-electron chi connectivity index (χ1n) is 5.74. The first kappa shape index (κ1) is 15.2. The Balaban J connectivity index is 2.48. The van der Waals surface area contributed by atoms with Gasteiger partial charge < -0.3 is 5.73 Å². The molecule has 0 aliphatic rings. The normalized spacial score (nSPS) is 11.4. The van der Waals surface area contributed by atoms with Crippen LogP contribution in [0.5, 0.6) is 0 Å². The molecule has 3 N–H and O–H groups in total. The highest BCUT2D eigenvalue weighted by molar-refractivity contribution is 7.92. The number of nitrogen functional groups attached to an aromatic ring is 1. The number of nitrogens with two attached hydrogens (primary N) is 1. The average molecular weight is 316 g/mol. The number of nitrogens with one attached hydrogen (secondary N) is 1. The average Bonchev–Trinajstić information content (AvgIpc) is 2.37. The summed E-state index contributed by atoms with van der Waals surface area (Å²) >= 11 is 0. The lowest BCUT2D eigenvalue weighted by Crippen LogP contribution is -2.16. The van der Waals surface area contributed by atoms with Crippen LogP contribution in [-0.2, 0) is 10.0 Å². The molecule has 0 saturated carbocycles. The number of sulfonamides is 1. The molecule has 0 fully saturated rings. The van der Waals surface area contributed by atoms with Crippen molar-refractivity contribution in [1.82, 2.24) is 0 Å². The summed E-state index contributed by atoms with van der Waals surface area (Å²) in [5, 5.41) is 0. The summed E-state index contributed by atoms with van der Waals surface area (Å²) in [6.07, 6.45) is 0. The lowest BCUT2D eigenvalue weighted by atomic mass is 10.2. The van der Waals surface area contributed by atoms with Gasteiger partial charge in [-0.2, -0.15) is 0 Å². The third-order valence-electron chi connectivity index (χ3n) is 2.78. The second-order valence-electron chi connectivity index (χ2n) is 4.37. The third kappa shape index (κ3) is 3.10. The van der Waals surface area contributed by atoms with Gasteiger partial charge in [-0.05, 0) is 30.7 Å². The van der Waals surface area contributed by atoms with Gasteiger partial charge in [0.25, 0.3) is 10.0 Å². The van der Waals surface area contributed by atoms with E-state index in [4.69, 9.17) is 5.73 Å². The zero-order valence-corrected chi connectivity index (χ0v) is 11.6. The van der Waals surface area contributed by atoms with Crippen LogP contribution in [0, 0.1) is 24.4 Å². The van der Waals surface area contributed by atoms with Crippen LogP contribution in [0.1, 0.15) is 5.56 Å². The van der Waals surface area contributed by atoms with Crippen molar-refractivity contribution in [2.24, 2.45) is 0 Å². The minimum absolute atomic E-state index is 0.0442. The number of hydrogen-bond donors (Lipinski definition) is 2. The van der Waals surface area contributed by atoms with E-state index in [9.17, 15) is 21.6 Å². The predicted octanol–water partition coefficient (Wildman–Crippen LogP) is 2.80. The third-order valence-corrected chi connectivity index (χ3v) is 4.17. The largest absolute Gasteiger partial charge is 0.396 e. The van der Waals surface area contributed by atoms with Crippen LogP contribution in [0.25, 0.3) is 0 Å². The predicted molar refractivity (Wildman–Crippen MR) is 72.7 cm³/mol. The number of halogens is 3. The lowest BCUT2D eigenvalue weighted by Gasteiger charge is -2.12. The van der Waals surface area contributed by atoms with E-state index in [1.165, 1.54) is 6.07 Å². The Morgan fingerprint density at radius 1 is 1.05 bits per heavy atom. The quantitative estimate of drug-likeness (QED) is 0.855. The molecule has 2 rings (SSSR count). The molecule has 112 valence electrons. The first-order valence-corrected chi connectivity index (χ1v) is 7.22. The van der Waals surface area contributed by atoms with Gasteiger partial charge in [0.2, 0.25) is 0 Å². The fourth-order valence-corrected chi connectivity index (χ4v) is 2.87. The molecule has 0 spiro atoms. The molecule has 0 heterocycles. The van der Waals surface area contributed by atoms with E-state index in [0.29, 0.717) is 17.7 Å². The van der Waals surface area contributed by atoms with E-state index in [-0.39, 0.29) is 5.69 Å². The lowest BCUT2D eigenvalue weighted by molar-refractivity contribution is 0.553. The first-order chi connectivity index (χ1) is 9.70. The molecular weight excluding hydrogens is 305 g/mol. The summed E-state index contributed by atoms with van der Waals surface area (Å²) in [7, 11) is -4.36. The minimum atomic E-state index is -4.36. The van der Waals surface area contributed by atoms with Crippen molar-refractivity contribution in [2.45, 2.75) is 11.8 Å². The van der Waals surface area contributed by atoms with Crippen LogP contribution >= 0.6 is 0 Å². The topological polar surface area (TPSA) is 72.2 Å². The van der Waals surface area contributed by atoms with E-state index >= 15 is 0 Å². The van der Waals surface area contributed by atoms with Gasteiger partial charge >= 0.3 is 0 Å². The summed E-state index contributed by atoms with van der Waals surface area (Å²) in [5.41, 5.74) is 5.13. The number of aryl methyl sites for hydroxylation is 1. The maximum Gasteiger partial charge on any atom is 0.264 e. The zero-order valence-electron chi connectivity index (χ0n) is 10.8. The highest BCUT2D eigenvalue weighted by atomic mass is 32.2. The van der Waals surface area contributed by atoms with E-state index in [1.807, 2.05) is 4.72 Å². The molecule has 4 nitrogen and oxygen atoms in total. The maximum absolute atomic E-state index is 13.6. The molecule has 2 aromatic carbocycles. The van der Waals surface area contributed by atoms with Gasteiger partial charge in [0.15, 0.2) is 0 Å². The second kappa shape index (κ2) is 5.28. The molecule has 0 aromatic heterocycles. The Labute approximate surface area is 119 Å². The van der Waals surface area contributed by atoms with Crippen molar-refractivity contribution >= 4 is 21.4 Å². The molecule has 0 aliphatic heterocycles. The number of rotatable bonds is 3. The molecule has 2 aromatic rings. The molecule has 0 bridgehead atoms. The summed E-state index contributed by atoms with van der Waals surface area (Å²) in [4.78, 5) is -0.815. The van der Waals surface area contributed by atoms with E-state index in [0.717, 1.165) is 12.1 Å². The van der Waals surface area contributed by atoms with Crippen LogP contribution in [-0.4, -0.2) is 8.42 Å². The highest BCUT2D eigenvalue weighted by Gasteiger charge is 2.22. The summed E-state index contributed by atoms with van der Waals surface area (Å²) in [6, 6.07) is 4.52. The standard InChI is InChI=1S/C13H11F3N2O2S/c1-7-2-3-8(14)4-12(7)18-21(19,20)13-6-11(17)9(15)5-10(13)16/h2-6,18H,17H2,1H3. The zero-order chi connectivity index (χ0) is 15.8. The summed E-state index contributed by atoms with van der Waals surface area (Å²) in [5.74, 6) is -3.01. The van der Waals surface area contributed by atoms with Crippen LogP contribution in [0.3, 0.4) is 0 Å². The van der Waals surface area contributed by atoms with Crippen LogP contribution in [0.15, 0.2) is 35.2 Å². The smallest absolute Gasteiger partial charge is 0.264 e. The van der Waals surface area contributed by atoms with Crippen LogP contribution in [0.2, 0.25) is 0 Å². The van der Waals surface area contributed by atoms with Crippen molar-refractivity contribution in [1.29, 1.82) is 0 Å². The molecule has 0 aliphatic carbocycles. The Kier molecular flexibility index (Phi) is 3.82. The molecule has 0 unspecified atom stereocenters. The highest BCUT2D eigenvalue weighted by Crippen LogP contribution is 2.25. The van der Waals surface area contributed by atoms with Crippen molar-refractivity contribution < 1.29 is 21.6 Å². The molecule has 8 heteroatoms. The van der Waals surface area contributed by atoms with Crippen LogP contribution in [0.4, 0.5) is 24.5 Å². The molecule has 0 saturated heterocycles. The van der Waals surface area contributed by atoms with Gasteiger partial charge in [0.1, 0.15) is 22.3 Å². The molecule has 21 heavy (non-hydrogen) atoms. The molecule has 0 atom stereocenters. The fourth-order valence-electron chi connectivity index (χ4n) is 1.65. The molecular formula is C13H11F3N2O2S. The van der Waals surface area contributed by atoms with Crippen molar-refractivity contribution in [3.05, 3.63) is 53.3 Å². The summed E-state index contributed by atoms with van der Waals surface area (Å²) in [6.45, 7) is 1.55. The monoisotopic (exact) mass is 316 g/mol. The van der Waals surface area contributed by atoms with Gasteiger partial charge in [-0.3, -0.25) is 4.72 Å². The van der Waals surface area contributed by atoms with Gasteiger partial charge in [-0.1, -0.05) is 6.07 Å². The molecule has 0 radical (unpaired) electrons. The SMILES string of the molecule is Cc1ccc(F)cc1NS(=O)(=O)c1cc(N)c(F)cc1F. The van der Waals surface area contributed by atoms with Crippen molar-refractivity contribution in [2.75, 3.05) is 10.5 Å². The number of hydrogen-bond acceptors (Lipinski definition) is 3. The Morgan fingerprint density at radius 2 is 1.71 bits per heavy atom. The number of anilines is 2. The van der Waals surface area contributed by atoms with E-state index < -0.39 is 38.1 Å². The van der Waals surface area contributed by atoms with Gasteiger partial charge in [0.05, 0.1) is 11.4 Å². The van der Waals surface area contributed by atoms with E-state index in [2.05, 4.69) is 0 Å². The fraction of sp³-hybridized carbons (Fsp3) is 0.0769. The van der Waals surface area contributed by atoms with Crippen molar-refractivity contribution in [3.63, 3.8) is 0 Å². The van der Waals surface area contributed by atoms with E-state index in [1.54, 1.807) is 6.92 Å². The maximum atomic E-state index is 13.6. The van der Waals surface area contributed by atoms with Gasteiger partial charge in [-0.15, -0.1) is 0 Å². The summed E-state index contributed by atoms with van der Waals surface area (Å²) < 4.78 is 66.1.